The van der Waals surface area contributed by atoms with E-state index >= 15 is 0 Å². The Morgan fingerprint density at radius 3 is 0.545 bits per heavy atom. The van der Waals surface area contributed by atoms with Gasteiger partial charge >= 0.3 is 11.9 Å². The normalized spacial score (nSPS) is 5.00. The van der Waals surface area contributed by atoms with E-state index in [1.54, 1.807) is 13.8 Å². The molecular formula is C18H48O4. The molecule has 0 amide bonds. The summed E-state index contributed by atoms with van der Waals surface area (Å²) < 4.78 is 0. The van der Waals surface area contributed by atoms with Crippen molar-refractivity contribution in [2.24, 2.45) is 0 Å². The van der Waals surface area contributed by atoms with Crippen molar-refractivity contribution in [3.8, 4) is 0 Å². The molecule has 0 fully saturated rings. The van der Waals surface area contributed by atoms with Crippen LogP contribution in [0.5, 0.6) is 0 Å². The third-order valence-electron chi connectivity index (χ3n) is 0.605. The first kappa shape index (κ1) is 49.7. The van der Waals surface area contributed by atoms with Gasteiger partial charge in [-0.25, -0.2) is 0 Å². The third-order valence-corrected chi connectivity index (χ3v) is 0.605. The molecule has 0 bridgehead atoms. The fourth-order valence-electron chi connectivity index (χ4n) is 0. The molecule has 0 heterocycles. The second-order valence-electron chi connectivity index (χ2n) is 1.49. The van der Waals surface area contributed by atoms with Gasteiger partial charge in [0.25, 0.3) is 0 Å². The smallest absolute Gasteiger partial charge is 0.303 e. The van der Waals surface area contributed by atoms with Crippen molar-refractivity contribution in [1.82, 2.24) is 0 Å². The average Bonchev–Trinajstić information content (AvgIpc) is 2.65. The highest BCUT2D eigenvalue weighted by molar-refractivity contribution is 5.66. The molecule has 0 saturated heterocycles. The van der Waals surface area contributed by atoms with E-state index in [9.17, 15) is 9.59 Å². The molecule has 0 aliphatic carbocycles. The summed E-state index contributed by atoms with van der Waals surface area (Å²) >= 11 is 0. The Morgan fingerprint density at radius 2 is 0.545 bits per heavy atom. The maximum absolute atomic E-state index is 9.37. The summed E-state index contributed by atoms with van der Waals surface area (Å²) in [4.78, 5) is 18.7. The lowest BCUT2D eigenvalue weighted by atomic mass is 10.5. The highest BCUT2D eigenvalue weighted by Crippen LogP contribution is 1.67. The van der Waals surface area contributed by atoms with E-state index in [2.05, 4.69) is 0 Å². The Morgan fingerprint density at radius 1 is 0.500 bits per heavy atom. The van der Waals surface area contributed by atoms with Crippen LogP contribution in [0, 0.1) is 0 Å². The lowest BCUT2D eigenvalue weighted by molar-refractivity contribution is -0.137. The van der Waals surface area contributed by atoms with Crippen molar-refractivity contribution in [3.63, 3.8) is 0 Å². The first-order valence-corrected chi connectivity index (χ1v) is 8.98. The highest BCUT2D eigenvalue weighted by Gasteiger charge is 1.81. The molecular weight excluding hydrogens is 280 g/mol. The standard InChI is InChI=1S/2C3H6O2.6C2H6/c2*1-2-3(4)5;6*1-2/h2*2H2,1H3,(H,4,5);6*1-2H3. The third kappa shape index (κ3) is 705. The van der Waals surface area contributed by atoms with Crippen LogP contribution < -0.4 is 0 Å². The van der Waals surface area contributed by atoms with Gasteiger partial charge in [-0.1, -0.05) is 96.9 Å². The number of hydrogen-bond acceptors (Lipinski definition) is 2. The molecule has 4 heteroatoms. The van der Waals surface area contributed by atoms with Crippen LogP contribution in [0.3, 0.4) is 0 Å². The van der Waals surface area contributed by atoms with Crippen LogP contribution in [-0.4, -0.2) is 22.2 Å². The van der Waals surface area contributed by atoms with Crippen LogP contribution in [0.25, 0.3) is 0 Å². The minimum atomic E-state index is -0.745. The molecule has 0 rings (SSSR count). The van der Waals surface area contributed by atoms with Crippen molar-refractivity contribution in [3.05, 3.63) is 0 Å². The van der Waals surface area contributed by atoms with Crippen LogP contribution in [-0.2, 0) is 9.59 Å². The van der Waals surface area contributed by atoms with Crippen LogP contribution in [0.1, 0.15) is 110 Å². The number of aliphatic carboxylic acids is 2. The molecule has 0 aliphatic rings. The molecule has 0 aromatic rings. The van der Waals surface area contributed by atoms with E-state index in [-0.39, 0.29) is 12.8 Å². The number of carbonyl (C=O) groups is 2. The van der Waals surface area contributed by atoms with Crippen molar-refractivity contribution >= 4 is 11.9 Å². The summed E-state index contributed by atoms with van der Waals surface area (Å²) in [6, 6.07) is 0. The Labute approximate surface area is 142 Å². The van der Waals surface area contributed by atoms with Crippen molar-refractivity contribution in [2.45, 2.75) is 110 Å². The highest BCUT2D eigenvalue weighted by atomic mass is 16.4. The summed E-state index contributed by atoms with van der Waals surface area (Å²) in [6.07, 6.45) is 0.444. The van der Waals surface area contributed by atoms with Gasteiger partial charge in [-0.3, -0.25) is 9.59 Å². The minimum Gasteiger partial charge on any atom is -0.481 e. The maximum Gasteiger partial charge on any atom is 0.303 e. The molecule has 0 aliphatic heterocycles. The van der Waals surface area contributed by atoms with Gasteiger partial charge in [-0.05, 0) is 0 Å². The molecule has 0 atom stereocenters. The Hall–Kier alpha value is -1.06. The Balaban J connectivity index is -0.0000000180. The number of carboxylic acids is 2. The molecule has 22 heavy (non-hydrogen) atoms. The van der Waals surface area contributed by atoms with E-state index < -0.39 is 11.9 Å². The van der Waals surface area contributed by atoms with Crippen LogP contribution in [0.2, 0.25) is 0 Å². The van der Waals surface area contributed by atoms with E-state index in [4.69, 9.17) is 10.2 Å². The molecule has 0 saturated carbocycles. The van der Waals surface area contributed by atoms with Crippen LogP contribution in [0.4, 0.5) is 0 Å². The van der Waals surface area contributed by atoms with E-state index in [1.807, 2.05) is 83.1 Å². The number of hydrogen-bond donors (Lipinski definition) is 2. The molecule has 144 valence electrons. The van der Waals surface area contributed by atoms with Crippen LogP contribution >= 0.6 is 0 Å². The summed E-state index contributed by atoms with van der Waals surface area (Å²) in [7, 11) is 0. The molecule has 0 unspecified atom stereocenters. The predicted octanol–water partition coefficient (Wildman–Crippen LogP) is 7.12. The SMILES string of the molecule is CC.CC.CC.CC.CC.CC.CCC(=O)O.CCC(=O)O. The first-order valence-electron chi connectivity index (χ1n) is 8.98. The first-order chi connectivity index (χ1) is 10.5. The summed E-state index contributed by atoms with van der Waals surface area (Å²) in [6.45, 7) is 27.2. The second kappa shape index (κ2) is 149. The van der Waals surface area contributed by atoms with E-state index in [0.29, 0.717) is 0 Å². The van der Waals surface area contributed by atoms with Crippen molar-refractivity contribution < 1.29 is 19.8 Å². The van der Waals surface area contributed by atoms with Crippen molar-refractivity contribution in [2.75, 3.05) is 0 Å². The summed E-state index contributed by atoms with van der Waals surface area (Å²) in [5.41, 5.74) is 0. The molecule has 2 N–H and O–H groups in total. The average molecular weight is 329 g/mol. The van der Waals surface area contributed by atoms with Gasteiger partial charge in [-0.2, -0.15) is 0 Å². The van der Waals surface area contributed by atoms with Gasteiger partial charge in [-0.15, -0.1) is 0 Å². The Bertz CT molecular complexity index is 99.7. The molecule has 0 radical (unpaired) electrons. The molecule has 0 aromatic carbocycles. The zero-order chi connectivity index (χ0) is 20.6. The van der Waals surface area contributed by atoms with Gasteiger partial charge in [0.05, 0.1) is 0 Å². The summed E-state index contributed by atoms with van der Waals surface area (Å²) in [5.74, 6) is -1.49. The lowest BCUT2D eigenvalue weighted by Crippen LogP contribution is -1.86. The van der Waals surface area contributed by atoms with Gasteiger partial charge in [0.1, 0.15) is 0 Å². The number of rotatable bonds is 2. The zero-order valence-corrected chi connectivity index (χ0v) is 18.1. The van der Waals surface area contributed by atoms with Gasteiger partial charge in [0.2, 0.25) is 0 Å². The lowest BCUT2D eigenvalue weighted by Gasteiger charge is -1.71. The van der Waals surface area contributed by atoms with E-state index in [0.717, 1.165) is 0 Å². The molecule has 4 nitrogen and oxygen atoms in total. The quantitative estimate of drug-likeness (QED) is 0.566. The minimum absolute atomic E-state index is 0.222. The van der Waals surface area contributed by atoms with Crippen molar-refractivity contribution in [1.29, 1.82) is 0 Å². The predicted molar refractivity (Wildman–Crippen MR) is 104 cm³/mol. The maximum atomic E-state index is 9.37. The van der Waals surface area contributed by atoms with Gasteiger partial charge < -0.3 is 10.2 Å². The molecule has 0 aromatic heterocycles. The fraction of sp³-hybridized carbons (Fsp3) is 0.889. The van der Waals surface area contributed by atoms with Gasteiger partial charge in [0.15, 0.2) is 0 Å². The largest absolute Gasteiger partial charge is 0.481 e. The zero-order valence-electron chi connectivity index (χ0n) is 18.1. The topological polar surface area (TPSA) is 74.6 Å². The fourth-order valence-corrected chi connectivity index (χ4v) is 0. The summed E-state index contributed by atoms with van der Waals surface area (Å²) in [5, 5.41) is 15.4. The Kier molecular flexibility index (Phi) is 336. The second-order valence-corrected chi connectivity index (χ2v) is 1.49. The number of carboxylic acid groups (broad SMARTS) is 2. The monoisotopic (exact) mass is 328 g/mol. The van der Waals surface area contributed by atoms with Crippen LogP contribution in [0.15, 0.2) is 0 Å². The van der Waals surface area contributed by atoms with E-state index in [1.165, 1.54) is 0 Å². The van der Waals surface area contributed by atoms with Gasteiger partial charge in [0, 0.05) is 12.8 Å². The molecule has 0 spiro atoms.